The Labute approximate surface area is 121 Å². The number of rotatable bonds is 5. The monoisotopic (exact) mass is 325 g/mol. The van der Waals surface area contributed by atoms with Crippen molar-refractivity contribution >= 4 is 15.9 Å². The molecule has 2 aromatic rings. The van der Waals surface area contributed by atoms with E-state index in [0.29, 0.717) is 12.1 Å². The van der Waals surface area contributed by atoms with E-state index < -0.39 is 6.10 Å². The van der Waals surface area contributed by atoms with Crippen LogP contribution in [0.5, 0.6) is 0 Å². The molecule has 0 aliphatic rings. The molecule has 0 spiro atoms. The Balaban J connectivity index is 2.11. The molecule has 0 amide bonds. The van der Waals surface area contributed by atoms with E-state index in [1.807, 2.05) is 36.0 Å². The molecule has 1 aromatic carbocycles. The minimum absolute atomic E-state index is 0.223. The zero-order valence-electron chi connectivity index (χ0n) is 10.8. The molecule has 0 radical (unpaired) electrons. The fourth-order valence-electron chi connectivity index (χ4n) is 2.04. The normalized spacial score (nSPS) is 12.6. The smallest absolute Gasteiger partial charge is 0.129 e. The van der Waals surface area contributed by atoms with Gasteiger partial charge in [-0.25, -0.2) is 4.39 Å². The third-order valence-corrected chi connectivity index (χ3v) is 3.58. The second-order valence-corrected chi connectivity index (χ2v) is 5.57. The Bertz CT molecular complexity index is 553. The molecule has 4 heteroatoms. The summed E-state index contributed by atoms with van der Waals surface area (Å²) in [5.41, 5.74) is 1.52. The van der Waals surface area contributed by atoms with Gasteiger partial charge in [0, 0.05) is 29.0 Å². The lowest BCUT2D eigenvalue weighted by molar-refractivity contribution is 0.166. The minimum Gasteiger partial charge on any atom is -0.388 e. The minimum atomic E-state index is -0.430. The zero-order chi connectivity index (χ0) is 13.8. The van der Waals surface area contributed by atoms with Crippen LogP contribution in [-0.2, 0) is 6.54 Å². The summed E-state index contributed by atoms with van der Waals surface area (Å²) in [6.07, 6.45) is 5.00. The molecule has 0 aliphatic heterocycles. The highest BCUT2D eigenvalue weighted by Gasteiger charge is 2.09. The highest BCUT2D eigenvalue weighted by molar-refractivity contribution is 9.10. The van der Waals surface area contributed by atoms with Gasteiger partial charge in [0.25, 0.3) is 0 Å². The Kier molecular flexibility index (Phi) is 4.77. The third kappa shape index (κ3) is 3.67. The van der Waals surface area contributed by atoms with Crippen LogP contribution in [0.2, 0.25) is 0 Å². The van der Waals surface area contributed by atoms with Crippen molar-refractivity contribution in [3.63, 3.8) is 0 Å². The second kappa shape index (κ2) is 6.35. The van der Waals surface area contributed by atoms with E-state index in [1.165, 1.54) is 6.07 Å². The second-order valence-electron chi connectivity index (χ2n) is 4.66. The molecule has 19 heavy (non-hydrogen) atoms. The molecule has 1 atom stereocenters. The molecule has 1 unspecified atom stereocenters. The van der Waals surface area contributed by atoms with Crippen LogP contribution in [0.1, 0.15) is 37.0 Å². The lowest BCUT2D eigenvalue weighted by Gasteiger charge is -2.07. The molecule has 0 aliphatic carbocycles. The Morgan fingerprint density at radius 1 is 1.37 bits per heavy atom. The van der Waals surface area contributed by atoms with Crippen LogP contribution in [-0.4, -0.2) is 9.67 Å². The first kappa shape index (κ1) is 14.3. The predicted octanol–water partition coefficient (Wildman–Crippen LogP) is 4.27. The summed E-state index contributed by atoms with van der Waals surface area (Å²) in [6, 6.07) is 6.94. The largest absolute Gasteiger partial charge is 0.388 e. The van der Waals surface area contributed by atoms with E-state index in [1.54, 1.807) is 6.07 Å². The molecular weight excluding hydrogens is 309 g/mol. The van der Waals surface area contributed by atoms with Crippen LogP contribution in [0.4, 0.5) is 4.39 Å². The van der Waals surface area contributed by atoms with Crippen LogP contribution in [0, 0.1) is 5.82 Å². The molecule has 2 rings (SSSR count). The molecule has 2 nitrogen and oxygen atoms in total. The number of hydrogen-bond acceptors (Lipinski definition) is 1. The molecule has 102 valence electrons. The lowest BCUT2D eigenvalue weighted by Crippen LogP contribution is -2.00. The van der Waals surface area contributed by atoms with Gasteiger partial charge in [0.15, 0.2) is 0 Å². The van der Waals surface area contributed by atoms with Gasteiger partial charge in [-0.15, -0.1) is 0 Å². The maximum atomic E-state index is 13.7. The first-order valence-electron chi connectivity index (χ1n) is 6.38. The number of nitrogens with zero attached hydrogens (tertiary/aromatic N) is 1. The number of halogens is 2. The molecule has 0 fully saturated rings. The van der Waals surface area contributed by atoms with Gasteiger partial charge in [-0.1, -0.05) is 35.3 Å². The van der Waals surface area contributed by atoms with Gasteiger partial charge in [-0.3, -0.25) is 0 Å². The summed E-state index contributed by atoms with van der Waals surface area (Å²) >= 11 is 3.24. The van der Waals surface area contributed by atoms with Gasteiger partial charge < -0.3 is 9.67 Å². The predicted molar refractivity (Wildman–Crippen MR) is 77.5 cm³/mol. The molecule has 0 saturated heterocycles. The van der Waals surface area contributed by atoms with Crippen molar-refractivity contribution in [3.8, 4) is 0 Å². The number of aliphatic hydroxyl groups excluding tert-OH is 1. The maximum Gasteiger partial charge on any atom is 0.129 e. The van der Waals surface area contributed by atoms with Crippen molar-refractivity contribution < 1.29 is 9.50 Å². The average Bonchev–Trinajstić information content (AvgIpc) is 2.82. The highest BCUT2D eigenvalue weighted by atomic mass is 79.9. The van der Waals surface area contributed by atoms with E-state index in [9.17, 15) is 9.50 Å². The van der Waals surface area contributed by atoms with Crippen LogP contribution < -0.4 is 0 Å². The maximum absolute atomic E-state index is 13.7. The first-order valence-corrected chi connectivity index (χ1v) is 7.17. The van der Waals surface area contributed by atoms with E-state index in [-0.39, 0.29) is 5.82 Å². The summed E-state index contributed by atoms with van der Waals surface area (Å²) in [6.45, 7) is 2.51. The summed E-state index contributed by atoms with van der Waals surface area (Å²) in [5.74, 6) is -0.223. The van der Waals surface area contributed by atoms with Gasteiger partial charge in [-0.05, 0) is 30.2 Å². The van der Waals surface area contributed by atoms with Gasteiger partial charge in [0.2, 0.25) is 0 Å². The van der Waals surface area contributed by atoms with Gasteiger partial charge in [-0.2, -0.15) is 0 Å². The van der Waals surface area contributed by atoms with Crippen molar-refractivity contribution in [1.29, 1.82) is 0 Å². The third-order valence-electron chi connectivity index (χ3n) is 3.09. The van der Waals surface area contributed by atoms with E-state index in [0.717, 1.165) is 22.9 Å². The van der Waals surface area contributed by atoms with Gasteiger partial charge in [0.05, 0.1) is 6.10 Å². The van der Waals surface area contributed by atoms with Gasteiger partial charge in [0.1, 0.15) is 5.82 Å². The molecule has 1 heterocycles. The lowest BCUT2D eigenvalue weighted by atomic mass is 10.1. The summed E-state index contributed by atoms with van der Waals surface area (Å²) in [5, 5.41) is 9.90. The SMILES string of the molecule is CCCC(O)c1ccn(Cc2ccc(Br)cc2F)c1. The van der Waals surface area contributed by atoms with Crippen molar-refractivity contribution in [2.75, 3.05) is 0 Å². The first-order chi connectivity index (χ1) is 9.10. The van der Waals surface area contributed by atoms with Crippen molar-refractivity contribution in [2.24, 2.45) is 0 Å². The zero-order valence-corrected chi connectivity index (χ0v) is 12.4. The van der Waals surface area contributed by atoms with Crippen LogP contribution >= 0.6 is 15.9 Å². The average molecular weight is 326 g/mol. The van der Waals surface area contributed by atoms with E-state index >= 15 is 0 Å². The van der Waals surface area contributed by atoms with Crippen molar-refractivity contribution in [3.05, 3.63) is 58.1 Å². The standard InChI is InChI=1S/C15H17BrFNO/c1-2-3-15(19)12-6-7-18(10-12)9-11-4-5-13(16)8-14(11)17/h4-8,10,15,19H,2-3,9H2,1H3. The topological polar surface area (TPSA) is 25.2 Å². The quantitative estimate of drug-likeness (QED) is 0.872. The summed E-state index contributed by atoms with van der Waals surface area (Å²) in [7, 11) is 0. The highest BCUT2D eigenvalue weighted by Crippen LogP contribution is 2.20. The van der Waals surface area contributed by atoms with Crippen molar-refractivity contribution in [1.82, 2.24) is 4.57 Å². The van der Waals surface area contributed by atoms with E-state index in [4.69, 9.17) is 0 Å². The Hall–Kier alpha value is -1.13. The Morgan fingerprint density at radius 3 is 2.84 bits per heavy atom. The Morgan fingerprint density at radius 2 is 2.16 bits per heavy atom. The molecule has 0 saturated carbocycles. The van der Waals surface area contributed by atoms with Crippen LogP contribution in [0.25, 0.3) is 0 Å². The summed E-state index contributed by atoms with van der Waals surface area (Å²) < 4.78 is 16.4. The van der Waals surface area contributed by atoms with Gasteiger partial charge >= 0.3 is 0 Å². The van der Waals surface area contributed by atoms with E-state index in [2.05, 4.69) is 15.9 Å². The fourth-order valence-corrected chi connectivity index (χ4v) is 2.37. The molecule has 1 aromatic heterocycles. The number of hydrogen-bond donors (Lipinski definition) is 1. The van der Waals surface area contributed by atoms with Crippen LogP contribution in [0.3, 0.4) is 0 Å². The summed E-state index contributed by atoms with van der Waals surface area (Å²) in [4.78, 5) is 0. The number of aromatic nitrogens is 1. The van der Waals surface area contributed by atoms with Crippen molar-refractivity contribution in [2.45, 2.75) is 32.4 Å². The number of benzene rings is 1. The molecular formula is C15H17BrFNO. The van der Waals surface area contributed by atoms with Crippen LogP contribution in [0.15, 0.2) is 41.1 Å². The molecule has 0 bridgehead atoms. The fraction of sp³-hybridized carbons (Fsp3) is 0.333. The molecule has 1 N–H and O–H groups in total. The number of aliphatic hydroxyl groups is 1.